The standard InChI is InChI=1S/C18H27N3O4S/c1-19-11-13-4-3-9-21(12-13)18(22)14-5-8-16(25-2)17(10-14)26(23,24)20-15-6-7-15/h5,8,10,13,15,19-20H,3-4,6-7,9,11-12H2,1-2H3. The minimum atomic E-state index is -3.70. The zero-order chi connectivity index (χ0) is 18.7. The minimum Gasteiger partial charge on any atom is -0.495 e. The molecule has 1 aromatic rings. The molecule has 144 valence electrons. The number of sulfonamides is 1. The second-order valence-electron chi connectivity index (χ2n) is 7.08. The number of nitrogens with zero attached hydrogens (tertiary/aromatic N) is 1. The van der Waals surface area contributed by atoms with Crippen LogP contribution in [-0.4, -0.2) is 59.1 Å². The fourth-order valence-electron chi connectivity index (χ4n) is 3.39. The number of methoxy groups -OCH3 is 1. The van der Waals surface area contributed by atoms with Crippen LogP contribution in [0.4, 0.5) is 0 Å². The second kappa shape index (κ2) is 7.94. The third-order valence-corrected chi connectivity index (χ3v) is 6.44. The highest BCUT2D eigenvalue weighted by Gasteiger charge is 2.31. The molecule has 3 rings (SSSR count). The maximum absolute atomic E-state index is 12.9. The van der Waals surface area contributed by atoms with Gasteiger partial charge in [-0.1, -0.05) is 0 Å². The molecule has 0 aromatic heterocycles. The largest absolute Gasteiger partial charge is 0.495 e. The normalized spacial score (nSPS) is 20.8. The van der Waals surface area contributed by atoms with Crippen LogP contribution in [0.1, 0.15) is 36.0 Å². The van der Waals surface area contributed by atoms with Crippen molar-refractivity contribution in [3.05, 3.63) is 23.8 Å². The van der Waals surface area contributed by atoms with Gasteiger partial charge in [0.2, 0.25) is 10.0 Å². The summed E-state index contributed by atoms with van der Waals surface area (Å²) in [4.78, 5) is 14.8. The highest BCUT2D eigenvalue weighted by Crippen LogP contribution is 2.29. The van der Waals surface area contributed by atoms with Gasteiger partial charge in [-0.3, -0.25) is 4.79 Å². The maximum atomic E-state index is 12.9. The Morgan fingerprint density at radius 2 is 2.08 bits per heavy atom. The Hall–Kier alpha value is -1.64. The van der Waals surface area contributed by atoms with E-state index in [1.165, 1.54) is 13.2 Å². The first-order valence-corrected chi connectivity index (χ1v) is 10.6. The number of rotatable bonds is 7. The molecule has 2 fully saturated rings. The van der Waals surface area contributed by atoms with Gasteiger partial charge < -0.3 is 15.0 Å². The van der Waals surface area contributed by atoms with Crippen molar-refractivity contribution in [2.45, 2.75) is 36.6 Å². The van der Waals surface area contributed by atoms with E-state index >= 15 is 0 Å². The predicted molar refractivity (Wildman–Crippen MR) is 98.9 cm³/mol. The molecule has 0 bridgehead atoms. The molecule has 0 radical (unpaired) electrons. The molecule has 1 saturated carbocycles. The summed E-state index contributed by atoms with van der Waals surface area (Å²) in [6, 6.07) is 4.63. The smallest absolute Gasteiger partial charge is 0.253 e. The molecule has 1 unspecified atom stereocenters. The molecule has 1 saturated heterocycles. The average Bonchev–Trinajstić information content (AvgIpc) is 3.44. The van der Waals surface area contributed by atoms with E-state index in [0.717, 1.165) is 32.2 Å². The summed E-state index contributed by atoms with van der Waals surface area (Å²) in [5, 5.41) is 3.16. The van der Waals surface area contributed by atoms with Crippen LogP contribution in [0.5, 0.6) is 5.75 Å². The first kappa shape index (κ1) is 19.1. The molecule has 8 heteroatoms. The number of hydrogen-bond donors (Lipinski definition) is 2. The molecular formula is C18H27N3O4S. The summed E-state index contributed by atoms with van der Waals surface area (Å²) in [6.45, 7) is 2.26. The molecule has 0 spiro atoms. The lowest BCUT2D eigenvalue weighted by Gasteiger charge is -2.33. The molecule has 7 nitrogen and oxygen atoms in total. The van der Waals surface area contributed by atoms with Gasteiger partial charge in [0.05, 0.1) is 7.11 Å². The number of ether oxygens (including phenoxy) is 1. The van der Waals surface area contributed by atoms with E-state index in [0.29, 0.717) is 24.6 Å². The Morgan fingerprint density at radius 3 is 2.73 bits per heavy atom. The SMILES string of the molecule is CNCC1CCCN(C(=O)c2ccc(OC)c(S(=O)(=O)NC3CC3)c2)C1. The Balaban J connectivity index is 1.83. The Morgan fingerprint density at radius 1 is 1.31 bits per heavy atom. The van der Waals surface area contributed by atoms with Gasteiger partial charge in [0.25, 0.3) is 5.91 Å². The van der Waals surface area contributed by atoms with Crippen molar-refractivity contribution < 1.29 is 17.9 Å². The first-order valence-electron chi connectivity index (χ1n) is 9.09. The second-order valence-corrected chi connectivity index (χ2v) is 8.76. The summed E-state index contributed by atoms with van der Waals surface area (Å²) in [6.07, 6.45) is 3.75. The van der Waals surface area contributed by atoms with Gasteiger partial charge in [0, 0.05) is 24.7 Å². The number of hydrogen-bond acceptors (Lipinski definition) is 5. The minimum absolute atomic E-state index is 0.00606. The van der Waals surface area contributed by atoms with Crippen molar-refractivity contribution in [3.63, 3.8) is 0 Å². The molecule has 1 amide bonds. The van der Waals surface area contributed by atoms with E-state index in [1.54, 1.807) is 12.1 Å². The van der Waals surface area contributed by atoms with Gasteiger partial charge in [-0.15, -0.1) is 0 Å². The van der Waals surface area contributed by atoms with Gasteiger partial charge in [-0.05, 0) is 63.4 Å². The van der Waals surface area contributed by atoms with E-state index in [4.69, 9.17) is 4.74 Å². The van der Waals surface area contributed by atoms with Crippen molar-refractivity contribution in [2.75, 3.05) is 33.8 Å². The lowest BCUT2D eigenvalue weighted by molar-refractivity contribution is 0.0674. The number of piperidine rings is 1. The number of benzene rings is 1. The van der Waals surface area contributed by atoms with Crippen molar-refractivity contribution in [1.82, 2.24) is 14.9 Å². The third-order valence-electron chi connectivity index (χ3n) is 4.90. The number of nitrogens with one attached hydrogen (secondary N) is 2. The zero-order valence-electron chi connectivity index (χ0n) is 15.3. The lowest BCUT2D eigenvalue weighted by atomic mass is 9.97. The van der Waals surface area contributed by atoms with Gasteiger partial charge in [-0.2, -0.15) is 0 Å². The predicted octanol–water partition coefficient (Wildman–Crippen LogP) is 1.21. The van der Waals surface area contributed by atoms with Crippen LogP contribution in [0.15, 0.2) is 23.1 Å². The molecular weight excluding hydrogens is 354 g/mol. The summed E-state index contributed by atoms with van der Waals surface area (Å²) in [5.41, 5.74) is 0.382. The van der Waals surface area contributed by atoms with E-state index in [2.05, 4.69) is 10.0 Å². The van der Waals surface area contributed by atoms with Crippen LogP contribution in [0, 0.1) is 5.92 Å². The molecule has 1 aromatic carbocycles. The number of carbonyl (C=O) groups excluding carboxylic acids is 1. The van der Waals surface area contributed by atoms with Crippen LogP contribution in [0.25, 0.3) is 0 Å². The van der Waals surface area contributed by atoms with Gasteiger partial charge >= 0.3 is 0 Å². The first-order chi connectivity index (χ1) is 12.4. The number of likely N-dealkylation sites (tertiary alicyclic amines) is 1. The van der Waals surface area contributed by atoms with Gasteiger partial charge in [-0.25, -0.2) is 13.1 Å². The molecule has 1 aliphatic heterocycles. The summed E-state index contributed by atoms with van der Waals surface area (Å²) >= 11 is 0. The third kappa shape index (κ3) is 4.36. The molecule has 2 N–H and O–H groups in total. The van der Waals surface area contributed by atoms with Crippen LogP contribution in [-0.2, 0) is 10.0 Å². The highest BCUT2D eigenvalue weighted by molar-refractivity contribution is 7.89. The molecule has 1 heterocycles. The Kier molecular flexibility index (Phi) is 5.84. The Bertz CT molecular complexity index is 760. The van der Waals surface area contributed by atoms with E-state index in [-0.39, 0.29) is 22.6 Å². The lowest BCUT2D eigenvalue weighted by Crippen LogP contribution is -2.42. The summed E-state index contributed by atoms with van der Waals surface area (Å²) in [7, 11) is -0.360. The van der Waals surface area contributed by atoms with Crippen molar-refractivity contribution in [2.24, 2.45) is 5.92 Å². The zero-order valence-corrected chi connectivity index (χ0v) is 16.1. The Labute approximate surface area is 155 Å². The van der Waals surface area contributed by atoms with E-state index < -0.39 is 10.0 Å². The van der Waals surface area contributed by atoms with Crippen molar-refractivity contribution in [1.29, 1.82) is 0 Å². The molecule has 26 heavy (non-hydrogen) atoms. The quantitative estimate of drug-likeness (QED) is 0.741. The fourth-order valence-corrected chi connectivity index (χ4v) is 4.89. The van der Waals surface area contributed by atoms with Gasteiger partial charge in [0.15, 0.2) is 0 Å². The topological polar surface area (TPSA) is 87.7 Å². The molecule has 1 atom stereocenters. The van der Waals surface area contributed by atoms with Gasteiger partial charge in [0.1, 0.15) is 10.6 Å². The fraction of sp³-hybridized carbons (Fsp3) is 0.611. The van der Waals surface area contributed by atoms with Crippen LogP contribution in [0.3, 0.4) is 0 Å². The average molecular weight is 381 g/mol. The number of carbonyl (C=O) groups is 1. The molecule has 2 aliphatic rings. The van der Waals surface area contributed by atoms with E-state index in [9.17, 15) is 13.2 Å². The van der Waals surface area contributed by atoms with Crippen molar-refractivity contribution >= 4 is 15.9 Å². The summed E-state index contributed by atoms with van der Waals surface area (Å²) < 4.78 is 33.1. The maximum Gasteiger partial charge on any atom is 0.253 e. The van der Waals surface area contributed by atoms with E-state index in [1.807, 2.05) is 11.9 Å². The van der Waals surface area contributed by atoms with Crippen LogP contribution >= 0.6 is 0 Å². The molecule has 1 aliphatic carbocycles. The highest BCUT2D eigenvalue weighted by atomic mass is 32.2. The van der Waals surface area contributed by atoms with Crippen LogP contribution < -0.4 is 14.8 Å². The van der Waals surface area contributed by atoms with Crippen LogP contribution in [0.2, 0.25) is 0 Å². The van der Waals surface area contributed by atoms with Crippen molar-refractivity contribution in [3.8, 4) is 5.75 Å². The number of amides is 1. The summed E-state index contributed by atoms with van der Waals surface area (Å²) in [5.74, 6) is 0.549. The monoisotopic (exact) mass is 381 g/mol.